The second-order valence-electron chi connectivity index (χ2n) is 2.72. The van der Waals surface area contributed by atoms with Crippen molar-refractivity contribution in [1.82, 2.24) is 0 Å². The summed E-state index contributed by atoms with van der Waals surface area (Å²) in [6.45, 7) is 0. The normalized spacial score (nSPS) is 9.83. The first-order chi connectivity index (χ1) is 8.20. The van der Waals surface area contributed by atoms with E-state index in [9.17, 15) is 26.4 Å². The van der Waals surface area contributed by atoms with Crippen molar-refractivity contribution in [2.24, 2.45) is 0 Å². The molecule has 0 atom stereocenters. The van der Waals surface area contributed by atoms with Crippen LogP contribution in [-0.2, 0) is 4.74 Å². The van der Waals surface area contributed by atoms with E-state index in [4.69, 9.17) is 5.39 Å². The standard InChI is InChI=1S/C8H6FN2O2.BF4/c1-13-8(12)7-5(9)3-2-4-6(7)11-10;2-1(3,4)5/h2-4H,1H3;/q+1;-1. The second-order valence-corrected chi connectivity index (χ2v) is 2.72. The largest absolute Gasteiger partial charge is 0.673 e. The molecule has 0 fully saturated rings. The molecular weight excluding hydrogens is 262 g/mol. The van der Waals surface area contributed by atoms with Crippen LogP contribution in [0.1, 0.15) is 10.4 Å². The van der Waals surface area contributed by atoms with E-state index in [1.165, 1.54) is 12.1 Å². The van der Waals surface area contributed by atoms with E-state index >= 15 is 0 Å². The fourth-order valence-electron chi connectivity index (χ4n) is 0.900. The van der Waals surface area contributed by atoms with Crippen LogP contribution in [0.2, 0.25) is 0 Å². The smallest absolute Gasteiger partial charge is 0.465 e. The van der Waals surface area contributed by atoms with Gasteiger partial charge in [-0.2, -0.15) is 0 Å². The van der Waals surface area contributed by atoms with Crippen molar-refractivity contribution in [1.29, 1.82) is 5.39 Å². The van der Waals surface area contributed by atoms with Crippen LogP contribution in [0.4, 0.5) is 27.3 Å². The topological polar surface area (TPSA) is 54.5 Å². The number of hydrogen-bond donors (Lipinski definition) is 0. The summed E-state index contributed by atoms with van der Waals surface area (Å²) >= 11 is 0. The predicted octanol–water partition coefficient (Wildman–Crippen LogP) is 3.40. The highest BCUT2D eigenvalue weighted by Gasteiger charge is 2.25. The third kappa shape index (κ3) is 5.79. The summed E-state index contributed by atoms with van der Waals surface area (Å²) in [6.07, 6.45) is 0. The second kappa shape index (κ2) is 6.53. The molecule has 0 aliphatic heterocycles. The van der Waals surface area contributed by atoms with Gasteiger partial charge >= 0.3 is 18.9 Å². The summed E-state index contributed by atoms with van der Waals surface area (Å²) in [6, 6.07) is 3.72. The van der Waals surface area contributed by atoms with Crippen LogP contribution in [0.3, 0.4) is 0 Å². The zero-order valence-electron chi connectivity index (χ0n) is 8.91. The van der Waals surface area contributed by atoms with Crippen molar-refractivity contribution < 1.29 is 31.2 Å². The molecule has 0 aliphatic carbocycles. The van der Waals surface area contributed by atoms with Gasteiger partial charge in [-0.3, -0.25) is 0 Å². The minimum atomic E-state index is -6.00. The summed E-state index contributed by atoms with van der Waals surface area (Å²) < 4.78 is 56.3. The van der Waals surface area contributed by atoms with Gasteiger partial charge in [-0.15, -0.1) is 0 Å². The Morgan fingerprint density at radius 1 is 1.33 bits per heavy atom. The fraction of sp³-hybridized carbons (Fsp3) is 0.125. The Kier molecular flexibility index (Phi) is 5.74. The molecule has 0 unspecified atom stereocenters. The Bertz CT molecular complexity index is 466. The van der Waals surface area contributed by atoms with Crippen molar-refractivity contribution in [3.8, 4) is 0 Å². The molecule has 1 rings (SSSR count). The molecule has 0 amide bonds. The Labute approximate surface area is 98.1 Å². The fourth-order valence-corrected chi connectivity index (χ4v) is 0.900. The van der Waals surface area contributed by atoms with Crippen LogP contribution in [0.25, 0.3) is 4.98 Å². The van der Waals surface area contributed by atoms with Crippen molar-refractivity contribution in [2.45, 2.75) is 0 Å². The van der Waals surface area contributed by atoms with Crippen molar-refractivity contribution in [3.05, 3.63) is 34.6 Å². The highest BCUT2D eigenvalue weighted by atomic mass is 19.5. The van der Waals surface area contributed by atoms with Crippen LogP contribution in [0.5, 0.6) is 0 Å². The maximum atomic E-state index is 13.0. The van der Waals surface area contributed by atoms with Crippen LogP contribution >= 0.6 is 0 Å². The predicted molar refractivity (Wildman–Crippen MR) is 52.7 cm³/mol. The molecule has 98 valence electrons. The molecule has 1 aromatic carbocycles. The Morgan fingerprint density at radius 2 is 1.83 bits per heavy atom. The van der Waals surface area contributed by atoms with E-state index in [1.807, 2.05) is 0 Å². The maximum absolute atomic E-state index is 13.0. The Hall–Kier alpha value is -2.18. The molecule has 18 heavy (non-hydrogen) atoms. The number of halogens is 5. The van der Waals surface area contributed by atoms with Gasteiger partial charge in [0, 0.05) is 6.07 Å². The minimum absolute atomic E-state index is 0.146. The van der Waals surface area contributed by atoms with Gasteiger partial charge in [0.25, 0.3) is 0 Å². The first-order valence-electron chi connectivity index (χ1n) is 4.30. The van der Waals surface area contributed by atoms with Gasteiger partial charge in [-0.05, 0) is 6.07 Å². The van der Waals surface area contributed by atoms with Crippen molar-refractivity contribution in [3.63, 3.8) is 0 Å². The van der Waals surface area contributed by atoms with Crippen LogP contribution in [0, 0.1) is 11.2 Å². The monoisotopic (exact) mass is 268 g/mol. The third-order valence-corrected chi connectivity index (χ3v) is 1.49. The average molecular weight is 268 g/mol. The molecule has 1 aromatic rings. The number of ether oxygens (including phenoxy) is 1. The van der Waals surface area contributed by atoms with Crippen LogP contribution in [0.15, 0.2) is 18.2 Å². The number of rotatable bonds is 1. The van der Waals surface area contributed by atoms with E-state index in [0.29, 0.717) is 0 Å². The van der Waals surface area contributed by atoms with Crippen molar-refractivity contribution >= 4 is 18.9 Å². The van der Waals surface area contributed by atoms with E-state index < -0.39 is 19.0 Å². The number of benzene rings is 1. The molecule has 10 heteroatoms. The molecule has 0 N–H and O–H groups in total. The van der Waals surface area contributed by atoms with Gasteiger partial charge in [-0.25, -0.2) is 9.18 Å². The molecule has 0 aliphatic rings. The molecule has 0 saturated carbocycles. The number of esters is 1. The first kappa shape index (κ1) is 15.8. The van der Waals surface area contributed by atoms with Gasteiger partial charge < -0.3 is 22.0 Å². The number of carbonyl (C=O) groups is 1. The van der Waals surface area contributed by atoms with E-state index in [2.05, 4.69) is 9.71 Å². The van der Waals surface area contributed by atoms with E-state index in [-0.39, 0.29) is 11.3 Å². The molecule has 0 spiro atoms. The minimum Gasteiger partial charge on any atom is -0.465 e. The van der Waals surface area contributed by atoms with Crippen molar-refractivity contribution in [2.75, 3.05) is 7.11 Å². The maximum Gasteiger partial charge on any atom is 0.673 e. The van der Waals surface area contributed by atoms with Gasteiger partial charge in [-0.1, -0.05) is 6.07 Å². The van der Waals surface area contributed by atoms with Crippen LogP contribution in [-0.4, -0.2) is 20.3 Å². The lowest BCUT2D eigenvalue weighted by Gasteiger charge is -1.96. The SMILES string of the molecule is COC(=O)c1c(F)cccc1[N+]#N.F[B-](F)(F)F. The average Bonchev–Trinajstić information content (AvgIpc) is 2.25. The number of methoxy groups -OCH3 is 1. The quantitative estimate of drug-likeness (QED) is 0.339. The third-order valence-electron chi connectivity index (χ3n) is 1.49. The van der Waals surface area contributed by atoms with Gasteiger partial charge in [0.2, 0.25) is 5.39 Å². The molecular formula is C8H6BF5N2O2. The lowest BCUT2D eigenvalue weighted by atomic mass is 10.2. The molecule has 0 radical (unpaired) electrons. The zero-order chi connectivity index (χ0) is 14.3. The van der Waals surface area contributed by atoms with Gasteiger partial charge in [0.15, 0.2) is 10.5 Å². The summed E-state index contributed by atoms with van der Waals surface area (Å²) in [5.41, 5.74) is -0.514. The summed E-state index contributed by atoms with van der Waals surface area (Å²) in [5, 5.41) is 8.44. The highest BCUT2D eigenvalue weighted by Crippen LogP contribution is 2.22. The van der Waals surface area contributed by atoms with Gasteiger partial charge in [0.1, 0.15) is 5.82 Å². The Balaban J connectivity index is 0.000000494. The summed E-state index contributed by atoms with van der Waals surface area (Å²) in [7, 11) is -4.88. The molecule has 0 aromatic heterocycles. The number of carbonyl (C=O) groups excluding carboxylic acids is 1. The summed E-state index contributed by atoms with van der Waals surface area (Å²) in [4.78, 5) is 13.7. The number of nitrogens with zero attached hydrogens (tertiary/aromatic N) is 2. The number of hydrogen-bond acceptors (Lipinski definition) is 3. The Morgan fingerprint density at radius 3 is 2.22 bits per heavy atom. The van der Waals surface area contributed by atoms with E-state index in [0.717, 1.165) is 13.2 Å². The first-order valence-corrected chi connectivity index (χ1v) is 4.30. The highest BCUT2D eigenvalue weighted by molar-refractivity contribution is 6.50. The summed E-state index contributed by atoms with van der Waals surface area (Å²) in [5.74, 6) is -1.65. The number of diazo groups is 1. The lowest BCUT2D eigenvalue weighted by Crippen LogP contribution is -2.04. The molecule has 0 bridgehead atoms. The zero-order valence-corrected chi connectivity index (χ0v) is 8.91. The molecule has 0 saturated heterocycles. The van der Waals surface area contributed by atoms with Crippen LogP contribution < -0.4 is 0 Å². The van der Waals surface area contributed by atoms with Gasteiger partial charge in [0.05, 0.1) is 7.11 Å². The lowest BCUT2D eigenvalue weighted by molar-refractivity contribution is 0.0597. The molecule has 0 heterocycles. The van der Waals surface area contributed by atoms with E-state index in [1.54, 1.807) is 0 Å². The molecule has 4 nitrogen and oxygen atoms in total.